The van der Waals surface area contributed by atoms with Crippen LogP contribution in [0.25, 0.3) is 16.9 Å². The Balaban J connectivity index is 1.38. The van der Waals surface area contributed by atoms with Gasteiger partial charge in [0, 0.05) is 23.8 Å². The van der Waals surface area contributed by atoms with Crippen LogP contribution in [-0.2, 0) is 4.74 Å². The summed E-state index contributed by atoms with van der Waals surface area (Å²) in [4.78, 5) is 21.3. The van der Waals surface area contributed by atoms with E-state index in [9.17, 15) is 4.79 Å². The summed E-state index contributed by atoms with van der Waals surface area (Å²) >= 11 is 0. The highest BCUT2D eigenvalue weighted by Crippen LogP contribution is 2.23. The summed E-state index contributed by atoms with van der Waals surface area (Å²) < 4.78 is 7.47. The molecule has 0 radical (unpaired) electrons. The van der Waals surface area contributed by atoms with Crippen LogP contribution in [0.2, 0.25) is 0 Å². The van der Waals surface area contributed by atoms with Gasteiger partial charge in [-0.3, -0.25) is 4.79 Å². The first kappa shape index (κ1) is 20.4. The lowest BCUT2D eigenvalue weighted by Crippen LogP contribution is -2.40. The van der Waals surface area contributed by atoms with Gasteiger partial charge in [0.05, 0.1) is 35.6 Å². The first-order valence-corrected chi connectivity index (χ1v) is 10.4. The second-order valence-corrected chi connectivity index (χ2v) is 7.86. The fraction of sp³-hybridized carbons (Fsp3) is 0.455. The summed E-state index contributed by atoms with van der Waals surface area (Å²) in [7, 11) is 0. The number of aliphatic hydroxyl groups is 1. The predicted molar refractivity (Wildman–Crippen MR) is 113 cm³/mol. The van der Waals surface area contributed by atoms with Crippen molar-refractivity contribution in [2.75, 3.05) is 6.61 Å². The zero-order valence-corrected chi connectivity index (χ0v) is 17.3. The second kappa shape index (κ2) is 8.89. The second-order valence-electron chi connectivity index (χ2n) is 7.86. The van der Waals surface area contributed by atoms with Crippen molar-refractivity contribution >= 4 is 16.8 Å². The molecule has 1 amide bonds. The molecule has 3 aromatic rings. The van der Waals surface area contributed by atoms with Crippen LogP contribution in [0.4, 0.5) is 0 Å². The van der Waals surface area contributed by atoms with Crippen LogP contribution in [0.15, 0.2) is 36.7 Å². The number of fused-ring (bicyclic) bond motifs is 1. The SMILES string of the molecule is Cc1nn(-c2ncc(C(=O)NC3CCC(OC(C)CO)CC3)cn2)c2ccccc12. The van der Waals surface area contributed by atoms with Gasteiger partial charge in [-0.15, -0.1) is 0 Å². The maximum Gasteiger partial charge on any atom is 0.254 e. The smallest absolute Gasteiger partial charge is 0.254 e. The minimum absolute atomic E-state index is 0.0283. The maximum absolute atomic E-state index is 12.6. The highest BCUT2D eigenvalue weighted by atomic mass is 16.5. The summed E-state index contributed by atoms with van der Waals surface area (Å²) in [5.41, 5.74) is 2.27. The number of hydrogen-bond donors (Lipinski definition) is 2. The number of para-hydroxylation sites is 1. The number of nitrogens with zero attached hydrogens (tertiary/aromatic N) is 4. The Morgan fingerprint density at radius 3 is 2.63 bits per heavy atom. The molecule has 158 valence electrons. The highest BCUT2D eigenvalue weighted by Gasteiger charge is 2.24. The number of carbonyl (C=O) groups excluding carboxylic acids is 1. The van der Waals surface area contributed by atoms with E-state index in [0.717, 1.165) is 42.3 Å². The third-order valence-electron chi connectivity index (χ3n) is 5.55. The van der Waals surface area contributed by atoms with Crippen LogP contribution in [0.3, 0.4) is 0 Å². The first-order chi connectivity index (χ1) is 14.5. The number of ether oxygens (including phenoxy) is 1. The van der Waals surface area contributed by atoms with Crippen LogP contribution in [0.1, 0.15) is 48.7 Å². The predicted octanol–water partition coefficient (Wildman–Crippen LogP) is 2.56. The van der Waals surface area contributed by atoms with Gasteiger partial charge >= 0.3 is 0 Å². The minimum atomic E-state index is -0.170. The molecule has 1 atom stereocenters. The third-order valence-corrected chi connectivity index (χ3v) is 5.55. The number of aliphatic hydroxyl groups excluding tert-OH is 1. The average Bonchev–Trinajstić information content (AvgIpc) is 3.12. The van der Waals surface area contributed by atoms with Crippen molar-refractivity contribution in [2.45, 2.75) is 57.8 Å². The van der Waals surface area contributed by atoms with Gasteiger partial charge in [0.15, 0.2) is 0 Å². The van der Waals surface area contributed by atoms with E-state index in [1.807, 2.05) is 38.1 Å². The van der Waals surface area contributed by atoms with Gasteiger partial charge in [-0.05, 0) is 45.6 Å². The normalized spacial score (nSPS) is 20.2. The number of hydrogen-bond acceptors (Lipinski definition) is 6. The molecule has 1 unspecified atom stereocenters. The van der Waals surface area contributed by atoms with E-state index in [4.69, 9.17) is 9.84 Å². The van der Waals surface area contributed by atoms with Crippen molar-refractivity contribution in [1.29, 1.82) is 0 Å². The number of amides is 1. The van der Waals surface area contributed by atoms with Gasteiger partial charge in [0.2, 0.25) is 0 Å². The summed E-state index contributed by atoms with van der Waals surface area (Å²) in [6.45, 7) is 3.84. The van der Waals surface area contributed by atoms with Gasteiger partial charge in [0.1, 0.15) is 0 Å². The lowest BCUT2D eigenvalue weighted by molar-refractivity contribution is -0.0465. The molecule has 8 heteroatoms. The van der Waals surface area contributed by atoms with Crippen LogP contribution in [0.5, 0.6) is 0 Å². The first-order valence-electron chi connectivity index (χ1n) is 10.4. The van der Waals surface area contributed by atoms with Crippen molar-refractivity contribution in [2.24, 2.45) is 0 Å². The van der Waals surface area contributed by atoms with Gasteiger partial charge in [-0.2, -0.15) is 9.78 Å². The Hall–Kier alpha value is -2.84. The molecule has 0 saturated heterocycles. The average molecular weight is 409 g/mol. The highest BCUT2D eigenvalue weighted by molar-refractivity contribution is 5.93. The van der Waals surface area contributed by atoms with E-state index < -0.39 is 0 Å². The Labute approximate surface area is 175 Å². The number of aromatic nitrogens is 4. The van der Waals surface area contributed by atoms with Gasteiger partial charge in [-0.25, -0.2) is 9.97 Å². The molecular weight excluding hydrogens is 382 g/mol. The molecule has 8 nitrogen and oxygen atoms in total. The Morgan fingerprint density at radius 2 is 1.93 bits per heavy atom. The Morgan fingerprint density at radius 1 is 1.23 bits per heavy atom. The maximum atomic E-state index is 12.6. The van der Waals surface area contributed by atoms with E-state index in [-0.39, 0.29) is 30.8 Å². The molecule has 1 aliphatic carbocycles. The molecule has 0 bridgehead atoms. The molecule has 30 heavy (non-hydrogen) atoms. The minimum Gasteiger partial charge on any atom is -0.394 e. The number of nitrogens with one attached hydrogen (secondary N) is 1. The summed E-state index contributed by atoms with van der Waals surface area (Å²) in [5, 5.41) is 17.8. The molecule has 1 aliphatic rings. The van der Waals surface area contributed by atoms with E-state index in [0.29, 0.717) is 11.5 Å². The zero-order chi connectivity index (χ0) is 21.1. The quantitative estimate of drug-likeness (QED) is 0.649. The van der Waals surface area contributed by atoms with Crippen molar-refractivity contribution in [3.63, 3.8) is 0 Å². The van der Waals surface area contributed by atoms with Gasteiger partial charge in [-0.1, -0.05) is 18.2 Å². The molecule has 2 aromatic heterocycles. The number of benzene rings is 1. The largest absolute Gasteiger partial charge is 0.394 e. The fourth-order valence-electron chi connectivity index (χ4n) is 3.91. The summed E-state index contributed by atoms with van der Waals surface area (Å²) in [5.74, 6) is 0.266. The van der Waals surface area contributed by atoms with Crippen molar-refractivity contribution in [3.05, 3.63) is 47.9 Å². The number of aryl methyl sites for hydroxylation is 1. The van der Waals surface area contributed by atoms with Gasteiger partial charge < -0.3 is 15.2 Å². The molecule has 4 rings (SSSR count). The number of rotatable bonds is 6. The lowest BCUT2D eigenvalue weighted by atomic mass is 9.92. The standard InChI is InChI=1S/C22H27N5O3/c1-14(13-28)30-18-9-7-17(8-10-18)25-21(29)16-11-23-22(24-12-16)27-20-6-4-3-5-19(20)15(2)26-27/h3-6,11-12,14,17-18,28H,7-10,13H2,1-2H3,(H,25,29). The fourth-order valence-corrected chi connectivity index (χ4v) is 3.91. The van der Waals surface area contributed by atoms with E-state index >= 15 is 0 Å². The third kappa shape index (κ3) is 4.34. The van der Waals surface area contributed by atoms with Crippen LogP contribution in [0, 0.1) is 6.92 Å². The number of carbonyl (C=O) groups is 1. The molecule has 0 spiro atoms. The van der Waals surface area contributed by atoms with Crippen LogP contribution in [-0.4, -0.2) is 55.6 Å². The van der Waals surface area contributed by atoms with E-state index in [2.05, 4.69) is 20.4 Å². The Kier molecular flexibility index (Phi) is 6.06. The zero-order valence-electron chi connectivity index (χ0n) is 17.3. The van der Waals surface area contributed by atoms with Crippen molar-refractivity contribution < 1.29 is 14.6 Å². The molecule has 1 aromatic carbocycles. The monoisotopic (exact) mass is 409 g/mol. The summed E-state index contributed by atoms with van der Waals surface area (Å²) in [6, 6.07) is 8.02. The topological polar surface area (TPSA) is 102 Å². The summed E-state index contributed by atoms with van der Waals surface area (Å²) in [6.07, 6.45) is 6.54. The van der Waals surface area contributed by atoms with Crippen LogP contribution >= 0.6 is 0 Å². The molecule has 1 fully saturated rings. The molecule has 1 saturated carbocycles. The van der Waals surface area contributed by atoms with E-state index in [1.54, 1.807) is 17.1 Å². The van der Waals surface area contributed by atoms with Gasteiger partial charge in [0.25, 0.3) is 11.9 Å². The van der Waals surface area contributed by atoms with Crippen molar-refractivity contribution in [1.82, 2.24) is 25.1 Å². The molecule has 2 heterocycles. The molecule has 0 aliphatic heterocycles. The van der Waals surface area contributed by atoms with E-state index in [1.165, 1.54) is 0 Å². The molecular formula is C22H27N5O3. The Bertz CT molecular complexity index is 1010. The van der Waals surface area contributed by atoms with Crippen LogP contribution < -0.4 is 5.32 Å². The lowest BCUT2D eigenvalue weighted by Gasteiger charge is -2.30. The molecule has 2 N–H and O–H groups in total. The van der Waals surface area contributed by atoms with Crippen molar-refractivity contribution in [3.8, 4) is 5.95 Å².